The summed E-state index contributed by atoms with van der Waals surface area (Å²) in [5, 5.41) is 8.61. The fourth-order valence-corrected chi connectivity index (χ4v) is 4.05. The zero-order valence-electron chi connectivity index (χ0n) is 12.9. The highest BCUT2D eigenvalue weighted by molar-refractivity contribution is 6.61. The number of rotatable bonds is 2. The Bertz CT molecular complexity index is 545. The lowest BCUT2D eigenvalue weighted by Crippen LogP contribution is -2.66. The standard InChI is InChI=1S/C14H22BN3O2/c1-11(2)12(3,4)20-15(19-11)10-6-18(17-16-10)14-7-13(5,8-14)9-14/h6H,7-9H2,1-5H3. The molecule has 1 aromatic heterocycles. The quantitative estimate of drug-likeness (QED) is 0.767. The monoisotopic (exact) mass is 275 g/mol. The molecule has 4 aliphatic rings. The maximum atomic E-state index is 6.02. The number of hydrogen-bond acceptors (Lipinski definition) is 4. The summed E-state index contributed by atoms with van der Waals surface area (Å²) >= 11 is 0. The fourth-order valence-electron chi connectivity index (χ4n) is 4.05. The molecular weight excluding hydrogens is 253 g/mol. The summed E-state index contributed by atoms with van der Waals surface area (Å²) in [5.41, 5.74) is 0.940. The van der Waals surface area contributed by atoms with Gasteiger partial charge in [0.2, 0.25) is 0 Å². The van der Waals surface area contributed by atoms with E-state index >= 15 is 0 Å². The van der Waals surface area contributed by atoms with Crippen LogP contribution >= 0.6 is 0 Å². The molecule has 1 aliphatic heterocycles. The molecule has 20 heavy (non-hydrogen) atoms. The van der Waals surface area contributed by atoms with Gasteiger partial charge in [0.05, 0.1) is 16.7 Å². The third-order valence-electron chi connectivity index (χ3n) is 5.76. The summed E-state index contributed by atoms with van der Waals surface area (Å²) in [5.74, 6) is 0. The Hall–Kier alpha value is -0.875. The van der Waals surface area contributed by atoms with Crippen molar-refractivity contribution in [2.45, 2.75) is 70.6 Å². The average molecular weight is 275 g/mol. The van der Waals surface area contributed by atoms with Crippen molar-refractivity contribution in [3.8, 4) is 0 Å². The van der Waals surface area contributed by atoms with Crippen molar-refractivity contribution in [1.29, 1.82) is 0 Å². The van der Waals surface area contributed by atoms with Crippen LogP contribution in [0.2, 0.25) is 0 Å². The predicted octanol–water partition coefficient (Wildman–Crippen LogP) is 1.48. The SMILES string of the molecule is CC12CC(n3cc(B4OC(C)(C)C(C)(C)O4)nn3)(C1)C2. The first-order chi connectivity index (χ1) is 9.15. The summed E-state index contributed by atoms with van der Waals surface area (Å²) in [6.07, 6.45) is 5.70. The van der Waals surface area contributed by atoms with E-state index in [1.807, 2.05) is 10.9 Å². The summed E-state index contributed by atoms with van der Waals surface area (Å²) in [6, 6.07) is 0. The van der Waals surface area contributed by atoms with E-state index in [1.165, 1.54) is 19.3 Å². The second-order valence-corrected chi connectivity index (χ2v) is 8.24. The Labute approximate surface area is 120 Å². The first-order valence-electron chi connectivity index (χ1n) is 7.43. The minimum absolute atomic E-state index is 0.240. The third-order valence-corrected chi connectivity index (χ3v) is 5.76. The highest BCUT2D eigenvalue weighted by Gasteiger charge is 2.67. The minimum Gasteiger partial charge on any atom is -0.398 e. The van der Waals surface area contributed by atoms with Crippen molar-refractivity contribution in [3.63, 3.8) is 0 Å². The van der Waals surface area contributed by atoms with Crippen molar-refractivity contribution in [1.82, 2.24) is 15.0 Å². The van der Waals surface area contributed by atoms with Gasteiger partial charge in [-0.05, 0) is 52.4 Å². The van der Waals surface area contributed by atoms with Crippen LogP contribution in [0, 0.1) is 5.41 Å². The maximum Gasteiger partial charge on any atom is 0.518 e. The molecule has 0 radical (unpaired) electrons. The Morgan fingerprint density at radius 1 is 1.05 bits per heavy atom. The lowest BCUT2D eigenvalue weighted by Gasteiger charge is -2.68. The Kier molecular flexibility index (Phi) is 2.12. The molecule has 0 spiro atoms. The molecule has 0 unspecified atom stereocenters. The van der Waals surface area contributed by atoms with Crippen LogP contribution in [0.5, 0.6) is 0 Å². The van der Waals surface area contributed by atoms with E-state index < -0.39 is 7.12 Å². The fraction of sp³-hybridized carbons (Fsp3) is 0.857. The van der Waals surface area contributed by atoms with E-state index in [9.17, 15) is 0 Å². The zero-order valence-corrected chi connectivity index (χ0v) is 12.9. The Morgan fingerprint density at radius 3 is 2.10 bits per heavy atom. The van der Waals surface area contributed by atoms with Crippen LogP contribution in [0.15, 0.2) is 6.20 Å². The molecule has 0 atom stereocenters. The van der Waals surface area contributed by atoms with E-state index in [2.05, 4.69) is 44.9 Å². The van der Waals surface area contributed by atoms with Crippen molar-refractivity contribution in [3.05, 3.63) is 6.20 Å². The van der Waals surface area contributed by atoms with E-state index in [4.69, 9.17) is 9.31 Å². The molecule has 6 heteroatoms. The number of nitrogens with zero attached hydrogens (tertiary/aromatic N) is 3. The second-order valence-electron chi connectivity index (χ2n) is 8.24. The summed E-state index contributed by atoms with van der Waals surface area (Å²) in [4.78, 5) is 0. The number of hydrogen-bond donors (Lipinski definition) is 0. The number of aromatic nitrogens is 3. The molecule has 1 saturated heterocycles. The molecule has 108 valence electrons. The summed E-state index contributed by atoms with van der Waals surface area (Å²) in [6.45, 7) is 10.6. The van der Waals surface area contributed by atoms with Crippen molar-refractivity contribution < 1.29 is 9.31 Å². The van der Waals surface area contributed by atoms with E-state index in [0.29, 0.717) is 5.41 Å². The predicted molar refractivity (Wildman–Crippen MR) is 75.7 cm³/mol. The summed E-state index contributed by atoms with van der Waals surface area (Å²) in [7, 11) is -0.406. The normalized spacial score (nSPS) is 40.4. The van der Waals surface area contributed by atoms with Gasteiger partial charge in [0.15, 0.2) is 0 Å². The first kappa shape index (κ1) is 12.8. The van der Waals surface area contributed by atoms with Gasteiger partial charge >= 0.3 is 7.12 Å². The second kappa shape index (κ2) is 3.30. The topological polar surface area (TPSA) is 49.2 Å². The Balaban J connectivity index is 1.55. The lowest BCUT2D eigenvalue weighted by atomic mass is 9.40. The molecule has 4 fully saturated rings. The zero-order chi connectivity index (χ0) is 14.4. The van der Waals surface area contributed by atoms with E-state index in [-0.39, 0.29) is 16.7 Å². The minimum atomic E-state index is -0.406. The van der Waals surface area contributed by atoms with Gasteiger partial charge in [-0.2, -0.15) is 0 Å². The third kappa shape index (κ3) is 1.47. The lowest BCUT2D eigenvalue weighted by molar-refractivity contribution is -0.181. The molecule has 3 aliphatic carbocycles. The van der Waals surface area contributed by atoms with E-state index in [1.54, 1.807) is 0 Å². The molecule has 5 nitrogen and oxygen atoms in total. The van der Waals surface area contributed by atoms with Crippen LogP contribution in [0.3, 0.4) is 0 Å². The molecule has 5 rings (SSSR count). The smallest absolute Gasteiger partial charge is 0.398 e. The molecule has 0 N–H and O–H groups in total. The summed E-state index contributed by atoms with van der Waals surface area (Å²) < 4.78 is 14.1. The Morgan fingerprint density at radius 2 is 1.60 bits per heavy atom. The van der Waals surface area contributed by atoms with Crippen molar-refractivity contribution >= 4 is 12.7 Å². The molecule has 2 heterocycles. The first-order valence-corrected chi connectivity index (χ1v) is 7.43. The van der Waals surface area contributed by atoms with Crippen LogP contribution < -0.4 is 5.59 Å². The van der Waals surface area contributed by atoms with Gasteiger partial charge in [0.25, 0.3) is 0 Å². The van der Waals surface area contributed by atoms with Gasteiger partial charge in [0.1, 0.15) is 5.59 Å². The van der Waals surface area contributed by atoms with Gasteiger partial charge in [0, 0.05) is 6.20 Å². The average Bonchev–Trinajstić information content (AvgIpc) is 2.77. The van der Waals surface area contributed by atoms with Gasteiger partial charge in [-0.15, -0.1) is 5.10 Å². The van der Waals surface area contributed by atoms with Gasteiger partial charge in [-0.3, -0.25) is 0 Å². The highest BCUT2D eigenvalue weighted by atomic mass is 16.7. The maximum absolute atomic E-state index is 6.02. The molecular formula is C14H22BN3O2. The largest absolute Gasteiger partial charge is 0.518 e. The van der Waals surface area contributed by atoms with Crippen LogP contribution in [-0.4, -0.2) is 33.3 Å². The van der Waals surface area contributed by atoms with Crippen molar-refractivity contribution in [2.75, 3.05) is 0 Å². The van der Waals surface area contributed by atoms with Crippen molar-refractivity contribution in [2.24, 2.45) is 5.41 Å². The van der Waals surface area contributed by atoms with Gasteiger partial charge in [-0.1, -0.05) is 12.1 Å². The van der Waals surface area contributed by atoms with Gasteiger partial charge < -0.3 is 9.31 Å². The van der Waals surface area contributed by atoms with Crippen LogP contribution in [0.25, 0.3) is 0 Å². The van der Waals surface area contributed by atoms with Crippen LogP contribution in [-0.2, 0) is 14.8 Å². The molecule has 3 saturated carbocycles. The molecule has 1 aromatic rings. The highest BCUT2D eigenvalue weighted by Crippen LogP contribution is 2.70. The molecule has 0 aromatic carbocycles. The molecule has 0 amide bonds. The van der Waals surface area contributed by atoms with Crippen LogP contribution in [0.4, 0.5) is 0 Å². The molecule has 2 bridgehead atoms. The van der Waals surface area contributed by atoms with E-state index in [0.717, 1.165) is 5.59 Å². The van der Waals surface area contributed by atoms with Gasteiger partial charge in [-0.25, -0.2) is 4.68 Å². The van der Waals surface area contributed by atoms with Crippen LogP contribution in [0.1, 0.15) is 53.9 Å².